The fraction of sp³-hybridized carbons (Fsp3) is 0.250. The second-order valence-electron chi connectivity index (χ2n) is 2.26. The Morgan fingerprint density at radius 2 is 1.85 bits per heavy atom. The number of diazo groups is 1. The minimum absolute atomic E-state index is 0.281. The Morgan fingerprint density at radius 3 is 2.31 bits per heavy atom. The summed E-state index contributed by atoms with van der Waals surface area (Å²) in [4.78, 5) is 3.03. The summed E-state index contributed by atoms with van der Waals surface area (Å²) < 4.78 is 9.85. The van der Waals surface area contributed by atoms with Crippen LogP contribution < -0.4 is 9.47 Å². The molecule has 68 valence electrons. The van der Waals surface area contributed by atoms with Crippen molar-refractivity contribution in [1.29, 1.82) is 5.39 Å². The summed E-state index contributed by atoms with van der Waals surface area (Å²) >= 11 is 5.81. The third kappa shape index (κ3) is 1.82. The quantitative estimate of drug-likeness (QED) is 0.688. The van der Waals surface area contributed by atoms with Crippen LogP contribution >= 0.6 is 11.6 Å². The fourth-order valence-corrected chi connectivity index (χ4v) is 1.15. The van der Waals surface area contributed by atoms with Gasteiger partial charge in [0, 0.05) is 6.07 Å². The molecule has 0 atom stereocenters. The molecule has 0 heterocycles. The topological polar surface area (TPSA) is 46.6 Å². The summed E-state index contributed by atoms with van der Waals surface area (Å²) in [5.41, 5.74) is 0.281. The molecule has 5 heteroatoms. The van der Waals surface area contributed by atoms with Gasteiger partial charge in [0.15, 0.2) is 4.98 Å². The second-order valence-corrected chi connectivity index (χ2v) is 2.67. The molecular formula is C8H8ClN2O2+. The highest BCUT2D eigenvalue weighted by Crippen LogP contribution is 2.37. The minimum Gasteiger partial charge on any atom is -0.495 e. The molecule has 0 amide bonds. The summed E-state index contributed by atoms with van der Waals surface area (Å²) in [6.45, 7) is 0. The number of halogens is 1. The molecule has 0 saturated heterocycles. The summed E-state index contributed by atoms with van der Waals surface area (Å²) in [7, 11) is 2.95. The van der Waals surface area contributed by atoms with Gasteiger partial charge < -0.3 is 9.47 Å². The molecule has 0 fully saturated rings. The first-order chi connectivity index (χ1) is 6.22. The molecule has 0 spiro atoms. The van der Waals surface area contributed by atoms with E-state index < -0.39 is 0 Å². The first-order valence-electron chi connectivity index (χ1n) is 3.49. The Morgan fingerprint density at radius 1 is 1.23 bits per heavy atom. The highest BCUT2D eigenvalue weighted by atomic mass is 35.5. The molecule has 1 aromatic rings. The average molecular weight is 200 g/mol. The zero-order valence-corrected chi connectivity index (χ0v) is 8.00. The van der Waals surface area contributed by atoms with Crippen molar-refractivity contribution < 1.29 is 9.47 Å². The van der Waals surface area contributed by atoms with Crippen LogP contribution in [0.4, 0.5) is 5.69 Å². The number of ether oxygens (including phenoxy) is 2. The largest absolute Gasteiger partial charge is 0.495 e. The molecule has 13 heavy (non-hydrogen) atoms. The first kappa shape index (κ1) is 9.62. The summed E-state index contributed by atoms with van der Waals surface area (Å²) in [5.74, 6) is 0.837. The molecular weight excluding hydrogens is 192 g/mol. The highest BCUT2D eigenvalue weighted by molar-refractivity contribution is 6.32. The van der Waals surface area contributed by atoms with Gasteiger partial charge in [-0.15, -0.1) is 0 Å². The van der Waals surface area contributed by atoms with Gasteiger partial charge >= 0.3 is 5.69 Å². The van der Waals surface area contributed by atoms with Crippen LogP contribution in [0.15, 0.2) is 12.1 Å². The van der Waals surface area contributed by atoms with Crippen LogP contribution in [-0.4, -0.2) is 14.2 Å². The molecule has 0 saturated carbocycles. The normalized spacial score (nSPS) is 9.08. The van der Waals surface area contributed by atoms with Crippen LogP contribution in [0.5, 0.6) is 11.5 Å². The van der Waals surface area contributed by atoms with Gasteiger partial charge in [-0.25, -0.2) is 0 Å². The molecule has 0 unspecified atom stereocenters. The number of rotatable bonds is 2. The molecule has 1 rings (SSSR count). The van der Waals surface area contributed by atoms with Crippen molar-refractivity contribution in [2.75, 3.05) is 14.2 Å². The van der Waals surface area contributed by atoms with E-state index in [0.29, 0.717) is 16.5 Å². The molecule has 4 nitrogen and oxygen atoms in total. The van der Waals surface area contributed by atoms with Gasteiger partial charge in [0.05, 0.1) is 25.3 Å². The van der Waals surface area contributed by atoms with E-state index in [-0.39, 0.29) is 5.69 Å². The van der Waals surface area contributed by atoms with Crippen LogP contribution in [0, 0.1) is 5.39 Å². The molecule has 0 N–H and O–H groups in total. The summed E-state index contributed by atoms with van der Waals surface area (Å²) in [6.07, 6.45) is 0. The van der Waals surface area contributed by atoms with E-state index in [4.69, 9.17) is 26.5 Å². The van der Waals surface area contributed by atoms with Crippen molar-refractivity contribution in [2.24, 2.45) is 0 Å². The standard InChI is InChI=1S/C8H8ClN2O2/c1-12-7-4-6(11-10)8(13-2)3-5(7)9/h3-4H,1-2H3/q+1. The number of hydrogen-bond acceptors (Lipinski definition) is 3. The predicted molar refractivity (Wildman–Crippen MR) is 49.3 cm³/mol. The van der Waals surface area contributed by atoms with Crippen molar-refractivity contribution in [3.05, 3.63) is 22.1 Å². The molecule has 0 aromatic heterocycles. The predicted octanol–water partition coefficient (Wildman–Crippen LogP) is 2.84. The highest BCUT2D eigenvalue weighted by Gasteiger charge is 2.18. The Balaban J connectivity index is 3.28. The fourth-order valence-electron chi connectivity index (χ4n) is 0.922. The van der Waals surface area contributed by atoms with E-state index in [0.717, 1.165) is 0 Å². The maximum absolute atomic E-state index is 8.61. The maximum atomic E-state index is 8.61. The summed E-state index contributed by atoms with van der Waals surface area (Å²) in [5, 5.41) is 9.02. The third-order valence-corrected chi connectivity index (χ3v) is 1.86. The molecule has 0 radical (unpaired) electrons. The van der Waals surface area contributed by atoms with E-state index in [1.807, 2.05) is 0 Å². The number of nitrogens with zero attached hydrogens (tertiary/aromatic N) is 2. The zero-order valence-electron chi connectivity index (χ0n) is 7.24. The number of benzene rings is 1. The van der Waals surface area contributed by atoms with Crippen LogP contribution in [-0.2, 0) is 0 Å². The molecule has 0 bridgehead atoms. The van der Waals surface area contributed by atoms with Gasteiger partial charge in [-0.1, -0.05) is 11.6 Å². The molecule has 0 aliphatic carbocycles. The van der Waals surface area contributed by atoms with Crippen molar-refractivity contribution in [3.8, 4) is 11.5 Å². The SMILES string of the molecule is COc1cc([N+]#N)c(OC)cc1Cl. The average Bonchev–Trinajstić information content (AvgIpc) is 2.17. The smallest absolute Gasteiger partial charge is 0.430 e. The lowest BCUT2D eigenvalue weighted by atomic mass is 10.3. The van der Waals surface area contributed by atoms with Crippen molar-refractivity contribution >= 4 is 17.3 Å². The molecule has 0 aliphatic rings. The lowest BCUT2D eigenvalue weighted by Gasteiger charge is -2.02. The third-order valence-electron chi connectivity index (χ3n) is 1.56. The van der Waals surface area contributed by atoms with Crippen molar-refractivity contribution in [3.63, 3.8) is 0 Å². The van der Waals surface area contributed by atoms with Gasteiger partial charge in [0.2, 0.25) is 11.1 Å². The maximum Gasteiger partial charge on any atom is 0.430 e. The van der Waals surface area contributed by atoms with Gasteiger partial charge in [0.1, 0.15) is 5.75 Å². The van der Waals surface area contributed by atoms with E-state index in [2.05, 4.69) is 4.98 Å². The lowest BCUT2D eigenvalue weighted by Crippen LogP contribution is -1.87. The monoisotopic (exact) mass is 199 g/mol. The van der Waals surface area contributed by atoms with Gasteiger partial charge in [-0.3, -0.25) is 0 Å². The van der Waals surface area contributed by atoms with Crippen LogP contribution in [0.25, 0.3) is 4.98 Å². The first-order valence-corrected chi connectivity index (χ1v) is 3.87. The Bertz CT molecular complexity index is 360. The van der Waals surface area contributed by atoms with E-state index in [1.54, 1.807) is 0 Å². The van der Waals surface area contributed by atoms with E-state index in [1.165, 1.54) is 26.4 Å². The van der Waals surface area contributed by atoms with Crippen LogP contribution in [0.2, 0.25) is 5.02 Å². The minimum atomic E-state index is 0.281. The van der Waals surface area contributed by atoms with Crippen LogP contribution in [0.1, 0.15) is 0 Å². The van der Waals surface area contributed by atoms with E-state index in [9.17, 15) is 0 Å². The Kier molecular flexibility index (Phi) is 2.93. The Hall–Kier alpha value is -1.47. The van der Waals surface area contributed by atoms with Crippen LogP contribution in [0.3, 0.4) is 0 Å². The zero-order chi connectivity index (χ0) is 9.84. The van der Waals surface area contributed by atoms with Gasteiger partial charge in [-0.2, -0.15) is 0 Å². The summed E-state index contributed by atoms with van der Waals surface area (Å²) in [6, 6.07) is 3.01. The number of methoxy groups -OCH3 is 2. The molecule has 0 aliphatic heterocycles. The molecule has 1 aromatic carbocycles. The van der Waals surface area contributed by atoms with Crippen molar-refractivity contribution in [2.45, 2.75) is 0 Å². The number of hydrogen-bond donors (Lipinski definition) is 0. The van der Waals surface area contributed by atoms with E-state index >= 15 is 0 Å². The lowest BCUT2D eigenvalue weighted by molar-refractivity contribution is 0.405. The Labute approximate surface area is 80.7 Å². The second kappa shape index (κ2) is 3.97. The van der Waals surface area contributed by atoms with Crippen molar-refractivity contribution in [1.82, 2.24) is 0 Å². The van der Waals surface area contributed by atoms with Gasteiger partial charge in [-0.05, 0) is 0 Å². The van der Waals surface area contributed by atoms with Gasteiger partial charge in [0.25, 0.3) is 0 Å².